The fourth-order valence-corrected chi connectivity index (χ4v) is 3.65. The number of fused-ring (bicyclic) bond motifs is 2. The second-order valence-corrected chi connectivity index (χ2v) is 7.26. The van der Waals surface area contributed by atoms with Gasteiger partial charge in [0, 0.05) is 16.6 Å². The number of rotatable bonds is 5. The van der Waals surface area contributed by atoms with E-state index in [2.05, 4.69) is 37.4 Å². The summed E-state index contributed by atoms with van der Waals surface area (Å²) >= 11 is 0. The highest BCUT2D eigenvalue weighted by Gasteiger charge is 2.17. The van der Waals surface area contributed by atoms with Crippen LogP contribution in [0.5, 0.6) is 5.75 Å². The lowest BCUT2D eigenvalue weighted by molar-refractivity contribution is 0.121. The number of hydrogen-bond acceptors (Lipinski definition) is 7. The van der Waals surface area contributed by atoms with Crippen molar-refractivity contribution in [3.63, 3.8) is 0 Å². The predicted molar refractivity (Wildman–Crippen MR) is 119 cm³/mol. The number of aromatic nitrogens is 5. The van der Waals surface area contributed by atoms with Crippen molar-refractivity contribution in [2.75, 3.05) is 12.4 Å². The molecule has 0 spiro atoms. The van der Waals surface area contributed by atoms with Gasteiger partial charge in [0.1, 0.15) is 11.8 Å². The molecule has 0 bridgehead atoms. The minimum atomic E-state index is -0.788. The molecule has 0 aliphatic carbocycles. The van der Waals surface area contributed by atoms with Gasteiger partial charge in [-0.15, -0.1) is 0 Å². The van der Waals surface area contributed by atoms with Crippen LogP contribution in [0.25, 0.3) is 16.4 Å². The molecule has 0 amide bonds. The molecule has 0 saturated heterocycles. The lowest BCUT2D eigenvalue weighted by Crippen LogP contribution is -2.07. The summed E-state index contributed by atoms with van der Waals surface area (Å²) in [5, 5.41) is 13.1. The van der Waals surface area contributed by atoms with Crippen LogP contribution in [0.15, 0.2) is 67.3 Å². The van der Waals surface area contributed by atoms with Crippen LogP contribution in [0.2, 0.25) is 0 Å². The van der Waals surface area contributed by atoms with E-state index < -0.39 is 6.16 Å². The van der Waals surface area contributed by atoms with Crippen LogP contribution in [-0.2, 0) is 11.3 Å². The lowest BCUT2D eigenvalue weighted by atomic mass is 10.2. The van der Waals surface area contributed by atoms with Crippen molar-refractivity contribution in [2.24, 2.45) is 0 Å². The lowest BCUT2D eigenvalue weighted by Gasteiger charge is -2.09. The molecule has 5 aromatic rings. The summed E-state index contributed by atoms with van der Waals surface area (Å²) in [6.07, 6.45) is 4.12. The summed E-state index contributed by atoms with van der Waals surface area (Å²) < 4.78 is 13.4. The van der Waals surface area contributed by atoms with Crippen LogP contribution in [0, 0.1) is 6.92 Å². The van der Waals surface area contributed by atoms with Crippen molar-refractivity contribution in [1.29, 1.82) is 0 Å². The summed E-state index contributed by atoms with van der Waals surface area (Å²) in [6.45, 7) is 2.54. The van der Waals surface area contributed by atoms with Gasteiger partial charge < -0.3 is 14.8 Å². The minimum Gasteiger partial charge on any atom is -0.437 e. The van der Waals surface area contributed by atoms with Crippen LogP contribution in [-0.4, -0.2) is 37.6 Å². The number of carbonyl (C=O) groups excluding carboxylic acids is 1. The first-order valence-corrected chi connectivity index (χ1v) is 9.97. The summed E-state index contributed by atoms with van der Waals surface area (Å²) in [7, 11) is 1.26. The zero-order valence-electron chi connectivity index (χ0n) is 17.5. The molecule has 0 aliphatic heterocycles. The topological polar surface area (TPSA) is 95.6 Å². The summed E-state index contributed by atoms with van der Waals surface area (Å²) in [6, 6.07) is 16.3. The number of anilines is 2. The van der Waals surface area contributed by atoms with Crippen LogP contribution in [0.3, 0.4) is 0 Å². The highest BCUT2D eigenvalue weighted by Crippen LogP contribution is 2.30. The number of aryl methyl sites for hydroxylation is 1. The van der Waals surface area contributed by atoms with Crippen LogP contribution in [0.1, 0.15) is 11.1 Å². The zero-order chi connectivity index (χ0) is 22.1. The van der Waals surface area contributed by atoms with E-state index in [-0.39, 0.29) is 0 Å². The molecule has 0 atom stereocenters. The number of carbonyl (C=O) groups is 1. The SMILES string of the molecule is COC(=O)Oc1cn2ncnc(Nc3ccc4c(cnn4Cc4ccccc4)c3)c2c1C. The van der Waals surface area contributed by atoms with E-state index in [4.69, 9.17) is 4.74 Å². The van der Waals surface area contributed by atoms with Gasteiger partial charge in [0.15, 0.2) is 11.6 Å². The molecule has 0 saturated carbocycles. The van der Waals surface area contributed by atoms with E-state index in [1.54, 1.807) is 10.7 Å². The molecule has 160 valence electrons. The van der Waals surface area contributed by atoms with Crippen molar-refractivity contribution in [3.05, 3.63) is 78.4 Å². The maximum absolute atomic E-state index is 11.5. The Kier molecular flexibility index (Phi) is 4.91. The van der Waals surface area contributed by atoms with Crippen molar-refractivity contribution in [2.45, 2.75) is 13.5 Å². The highest BCUT2D eigenvalue weighted by molar-refractivity contribution is 5.86. The Morgan fingerprint density at radius 1 is 1.12 bits per heavy atom. The third-order valence-corrected chi connectivity index (χ3v) is 5.22. The first-order chi connectivity index (χ1) is 15.6. The van der Waals surface area contributed by atoms with Gasteiger partial charge >= 0.3 is 6.16 Å². The zero-order valence-corrected chi connectivity index (χ0v) is 17.5. The molecule has 0 radical (unpaired) electrons. The first-order valence-electron chi connectivity index (χ1n) is 9.97. The molecule has 2 aromatic carbocycles. The molecule has 9 nitrogen and oxygen atoms in total. The third kappa shape index (κ3) is 3.60. The largest absolute Gasteiger partial charge is 0.513 e. The molecular weight excluding hydrogens is 408 g/mol. The fourth-order valence-electron chi connectivity index (χ4n) is 3.65. The van der Waals surface area contributed by atoms with Crippen LogP contribution < -0.4 is 10.1 Å². The van der Waals surface area contributed by atoms with Gasteiger partial charge in [0.2, 0.25) is 0 Å². The number of hydrogen-bond donors (Lipinski definition) is 1. The Morgan fingerprint density at radius 2 is 1.97 bits per heavy atom. The van der Waals surface area contributed by atoms with E-state index in [0.29, 0.717) is 23.6 Å². The average molecular weight is 428 g/mol. The molecule has 3 aromatic heterocycles. The van der Waals surface area contributed by atoms with Gasteiger partial charge in [-0.2, -0.15) is 10.2 Å². The Bertz CT molecular complexity index is 1420. The Hall–Kier alpha value is -4.40. The number of nitrogens with one attached hydrogen (secondary N) is 1. The van der Waals surface area contributed by atoms with Crippen LogP contribution in [0.4, 0.5) is 16.3 Å². The molecule has 1 N–H and O–H groups in total. The van der Waals surface area contributed by atoms with Gasteiger partial charge in [-0.05, 0) is 30.7 Å². The molecule has 32 heavy (non-hydrogen) atoms. The number of methoxy groups -OCH3 is 1. The highest BCUT2D eigenvalue weighted by atomic mass is 16.7. The normalized spacial score (nSPS) is 11.1. The van der Waals surface area contributed by atoms with Crippen molar-refractivity contribution >= 4 is 34.1 Å². The van der Waals surface area contributed by atoms with Gasteiger partial charge in [0.25, 0.3) is 0 Å². The van der Waals surface area contributed by atoms with Gasteiger partial charge in [-0.25, -0.2) is 14.3 Å². The maximum atomic E-state index is 11.5. The van der Waals surface area contributed by atoms with Gasteiger partial charge in [0.05, 0.1) is 31.6 Å². The molecule has 0 fully saturated rings. The van der Waals surface area contributed by atoms with E-state index in [1.165, 1.54) is 19.0 Å². The maximum Gasteiger partial charge on any atom is 0.513 e. The second kappa shape index (κ2) is 8.03. The first kappa shape index (κ1) is 19.6. The molecule has 9 heteroatoms. The smallest absolute Gasteiger partial charge is 0.437 e. The number of nitrogens with zero attached hydrogens (tertiary/aromatic N) is 5. The van der Waals surface area contributed by atoms with E-state index in [1.807, 2.05) is 54.2 Å². The van der Waals surface area contributed by atoms with E-state index >= 15 is 0 Å². The standard InChI is InChI=1S/C23H20N6O3/c1-15-20(32-23(30)31-2)13-29-21(15)22(24-14-26-29)27-18-8-9-19-17(10-18)11-25-28(19)12-16-6-4-3-5-7-16/h3-11,13-14H,12H2,1-2H3,(H,24,26,27). The summed E-state index contributed by atoms with van der Waals surface area (Å²) in [4.78, 5) is 15.9. The number of benzene rings is 2. The van der Waals surface area contributed by atoms with Gasteiger partial charge in [-0.1, -0.05) is 30.3 Å². The molecule has 0 aliphatic rings. The summed E-state index contributed by atoms with van der Waals surface area (Å²) in [5.41, 5.74) is 4.51. The van der Waals surface area contributed by atoms with E-state index in [9.17, 15) is 4.79 Å². The monoisotopic (exact) mass is 428 g/mol. The van der Waals surface area contributed by atoms with Crippen molar-refractivity contribution in [3.8, 4) is 5.75 Å². The van der Waals surface area contributed by atoms with Crippen molar-refractivity contribution in [1.82, 2.24) is 24.4 Å². The van der Waals surface area contributed by atoms with E-state index in [0.717, 1.165) is 22.2 Å². The predicted octanol–water partition coefficient (Wildman–Crippen LogP) is 4.32. The van der Waals surface area contributed by atoms with Gasteiger partial charge in [-0.3, -0.25) is 4.68 Å². The molecule has 3 heterocycles. The molecular formula is C23H20N6O3. The Balaban J connectivity index is 1.45. The molecule has 5 rings (SSSR count). The third-order valence-electron chi connectivity index (χ3n) is 5.22. The fraction of sp³-hybridized carbons (Fsp3) is 0.130. The second-order valence-electron chi connectivity index (χ2n) is 7.26. The Morgan fingerprint density at radius 3 is 2.78 bits per heavy atom. The number of ether oxygens (including phenoxy) is 2. The van der Waals surface area contributed by atoms with Crippen LogP contribution >= 0.6 is 0 Å². The quantitative estimate of drug-likeness (QED) is 0.416. The summed E-state index contributed by atoms with van der Waals surface area (Å²) in [5.74, 6) is 0.950. The Labute approximate surface area is 183 Å². The minimum absolute atomic E-state index is 0.359. The van der Waals surface area contributed by atoms with Crippen molar-refractivity contribution < 1.29 is 14.3 Å². The molecule has 0 unspecified atom stereocenters. The average Bonchev–Trinajstić information content (AvgIpc) is 3.35.